The Balaban J connectivity index is 1.63. The topological polar surface area (TPSA) is 17.3 Å². The van der Waals surface area contributed by atoms with Crippen molar-refractivity contribution in [1.82, 2.24) is 9.38 Å². The van der Waals surface area contributed by atoms with Crippen LogP contribution in [-0.2, 0) is 11.8 Å². The zero-order chi connectivity index (χ0) is 26.0. The Morgan fingerprint density at radius 2 is 1.18 bits per heavy atom. The SMILES string of the molecule is S=P(c1ccccc1)(c1ccccc1)c1cccc2nc3c4c5ccccc5ccc4c4ccccc4n3c12. The number of rotatable bonds is 3. The molecule has 0 aliphatic heterocycles. The van der Waals surface area contributed by atoms with Gasteiger partial charge < -0.3 is 0 Å². The number of nitrogens with zero attached hydrogens (tertiary/aromatic N) is 2. The molecule has 0 atom stereocenters. The number of pyridine rings is 1. The molecule has 8 aromatic rings. The lowest BCUT2D eigenvalue weighted by atomic mass is 10.00. The first-order valence-corrected chi connectivity index (χ1v) is 15.9. The second-order valence-corrected chi connectivity index (χ2v) is 14.3. The highest BCUT2D eigenvalue weighted by atomic mass is 32.4. The minimum atomic E-state index is -2.41. The lowest BCUT2D eigenvalue weighted by Gasteiger charge is -2.25. The van der Waals surface area contributed by atoms with E-state index in [9.17, 15) is 0 Å². The number of hydrogen-bond acceptors (Lipinski definition) is 2. The van der Waals surface area contributed by atoms with Gasteiger partial charge in [0.05, 0.1) is 16.6 Å². The van der Waals surface area contributed by atoms with E-state index in [1.807, 2.05) is 0 Å². The maximum absolute atomic E-state index is 6.82. The van der Waals surface area contributed by atoms with Gasteiger partial charge in [0, 0.05) is 22.1 Å². The number of imidazole rings is 1. The van der Waals surface area contributed by atoms with Gasteiger partial charge in [-0.2, -0.15) is 0 Å². The van der Waals surface area contributed by atoms with Gasteiger partial charge in [0.15, 0.2) is 0 Å². The van der Waals surface area contributed by atoms with Crippen LogP contribution in [0, 0.1) is 0 Å². The first-order chi connectivity index (χ1) is 19.2. The zero-order valence-corrected chi connectivity index (χ0v) is 22.7. The summed E-state index contributed by atoms with van der Waals surface area (Å²) in [7, 11) is 0. The summed E-state index contributed by atoms with van der Waals surface area (Å²) >= 11 is 6.82. The summed E-state index contributed by atoms with van der Waals surface area (Å²) < 4.78 is 2.38. The highest BCUT2D eigenvalue weighted by molar-refractivity contribution is 8.25. The second kappa shape index (κ2) is 8.61. The molecule has 0 fully saturated rings. The van der Waals surface area contributed by atoms with Crippen LogP contribution in [0.4, 0.5) is 0 Å². The Bertz CT molecular complexity index is 2210. The Hall–Kier alpha value is -4.30. The van der Waals surface area contributed by atoms with E-state index in [-0.39, 0.29) is 0 Å². The largest absolute Gasteiger partial charge is 0.291 e. The molecular formula is C35H23N2PS. The summed E-state index contributed by atoms with van der Waals surface area (Å²) in [5.74, 6) is 0. The lowest BCUT2D eigenvalue weighted by Crippen LogP contribution is -2.25. The summed E-state index contributed by atoms with van der Waals surface area (Å²) in [6.45, 7) is 0. The quantitative estimate of drug-likeness (QED) is 0.171. The maximum Gasteiger partial charge on any atom is 0.147 e. The Morgan fingerprint density at radius 3 is 1.92 bits per heavy atom. The zero-order valence-electron chi connectivity index (χ0n) is 21.0. The minimum Gasteiger partial charge on any atom is -0.291 e. The molecule has 4 heteroatoms. The van der Waals surface area contributed by atoms with Gasteiger partial charge in [-0.1, -0.05) is 139 Å². The first-order valence-electron chi connectivity index (χ1n) is 13.1. The van der Waals surface area contributed by atoms with Crippen LogP contribution >= 0.6 is 6.04 Å². The van der Waals surface area contributed by atoms with Crippen LogP contribution in [0.5, 0.6) is 0 Å². The molecule has 39 heavy (non-hydrogen) atoms. The molecular weight excluding hydrogens is 511 g/mol. The van der Waals surface area contributed by atoms with E-state index in [1.165, 1.54) is 42.8 Å². The Labute approximate surface area is 231 Å². The standard InChI is InChI=1S/C35H23N2PS/c39-38(25-13-3-1-4-14-25,26-15-5-2-6-16-26)32-21-11-19-30-34(32)37-31-20-10-9-18-28(31)29-23-22-24-12-7-8-17-27(24)33(29)35(37)36-30/h1-23H. The fourth-order valence-corrected chi connectivity index (χ4v) is 10.1. The summed E-state index contributed by atoms with van der Waals surface area (Å²) in [4.78, 5) is 5.34. The van der Waals surface area contributed by atoms with Crippen molar-refractivity contribution >= 4 is 82.9 Å². The summed E-state index contributed by atoms with van der Waals surface area (Å²) in [6.07, 6.45) is 0. The van der Waals surface area contributed by atoms with Crippen LogP contribution in [0.3, 0.4) is 0 Å². The molecule has 0 aliphatic carbocycles. The predicted molar refractivity (Wildman–Crippen MR) is 171 cm³/mol. The number of hydrogen-bond donors (Lipinski definition) is 0. The first kappa shape index (κ1) is 22.7. The van der Waals surface area contributed by atoms with Gasteiger partial charge in [-0.3, -0.25) is 4.40 Å². The smallest absolute Gasteiger partial charge is 0.147 e. The van der Waals surface area contributed by atoms with Gasteiger partial charge in [-0.25, -0.2) is 4.98 Å². The Morgan fingerprint density at radius 1 is 0.538 bits per heavy atom. The molecule has 0 aliphatic rings. The van der Waals surface area contributed by atoms with E-state index in [0.717, 1.165) is 22.2 Å². The highest BCUT2D eigenvalue weighted by Crippen LogP contribution is 2.46. The lowest BCUT2D eigenvalue weighted by molar-refractivity contribution is 1.32. The molecule has 2 heterocycles. The highest BCUT2D eigenvalue weighted by Gasteiger charge is 2.29. The Kier molecular flexibility index (Phi) is 5.00. The monoisotopic (exact) mass is 534 g/mol. The second-order valence-electron chi connectivity index (χ2n) is 9.92. The number of aromatic nitrogens is 2. The van der Waals surface area contributed by atoms with Crippen molar-refractivity contribution in [2.24, 2.45) is 0 Å². The normalized spacial score (nSPS) is 12.2. The van der Waals surface area contributed by atoms with Crippen LogP contribution in [-0.4, -0.2) is 9.38 Å². The third-order valence-corrected chi connectivity index (χ3v) is 12.8. The van der Waals surface area contributed by atoms with E-state index < -0.39 is 6.04 Å². The van der Waals surface area contributed by atoms with Crippen molar-refractivity contribution in [1.29, 1.82) is 0 Å². The molecule has 0 N–H and O–H groups in total. The average molecular weight is 535 g/mol. The molecule has 8 rings (SSSR count). The molecule has 0 saturated carbocycles. The molecule has 0 unspecified atom stereocenters. The van der Waals surface area contributed by atoms with Crippen molar-refractivity contribution in [2.75, 3.05) is 0 Å². The van der Waals surface area contributed by atoms with Crippen LogP contribution in [0.2, 0.25) is 0 Å². The van der Waals surface area contributed by atoms with Gasteiger partial charge in [-0.05, 0) is 38.9 Å². The predicted octanol–water partition coefficient (Wildman–Crippen LogP) is 7.70. The third-order valence-electron chi connectivity index (χ3n) is 7.82. The number of fused-ring (bicyclic) bond motifs is 10. The molecule has 0 saturated heterocycles. The molecule has 0 radical (unpaired) electrons. The maximum atomic E-state index is 6.82. The van der Waals surface area contributed by atoms with Crippen molar-refractivity contribution in [3.63, 3.8) is 0 Å². The molecule has 184 valence electrons. The van der Waals surface area contributed by atoms with E-state index >= 15 is 0 Å². The summed E-state index contributed by atoms with van der Waals surface area (Å²) in [5.41, 5.74) is 4.20. The fraction of sp³-hybridized carbons (Fsp3) is 0. The molecule has 0 spiro atoms. The fourth-order valence-electron chi connectivity index (χ4n) is 6.10. The van der Waals surface area contributed by atoms with Crippen LogP contribution in [0.15, 0.2) is 140 Å². The van der Waals surface area contributed by atoms with Gasteiger partial charge in [0.1, 0.15) is 5.65 Å². The molecule has 0 amide bonds. The number of para-hydroxylation sites is 2. The van der Waals surface area contributed by atoms with Gasteiger partial charge in [-0.15, -0.1) is 0 Å². The molecule has 6 aromatic carbocycles. The minimum absolute atomic E-state index is 0.971. The average Bonchev–Trinajstić information content (AvgIpc) is 3.41. The van der Waals surface area contributed by atoms with Crippen molar-refractivity contribution < 1.29 is 0 Å². The summed E-state index contributed by atoms with van der Waals surface area (Å²) in [5, 5.41) is 9.59. The van der Waals surface area contributed by atoms with Gasteiger partial charge in [0.25, 0.3) is 0 Å². The summed E-state index contributed by atoms with van der Waals surface area (Å²) in [6, 6.07) is 47.1. The molecule has 0 bridgehead atoms. The van der Waals surface area contributed by atoms with Crippen LogP contribution in [0.1, 0.15) is 0 Å². The third kappa shape index (κ3) is 3.21. The van der Waals surface area contributed by atoms with Gasteiger partial charge >= 0.3 is 0 Å². The van der Waals surface area contributed by atoms with E-state index in [2.05, 4.69) is 144 Å². The van der Waals surface area contributed by atoms with Crippen molar-refractivity contribution in [2.45, 2.75) is 0 Å². The molecule has 2 nitrogen and oxygen atoms in total. The van der Waals surface area contributed by atoms with Gasteiger partial charge in [0.2, 0.25) is 0 Å². The van der Waals surface area contributed by atoms with Crippen LogP contribution in [0.25, 0.3) is 49.1 Å². The van der Waals surface area contributed by atoms with Crippen molar-refractivity contribution in [3.05, 3.63) is 140 Å². The van der Waals surface area contributed by atoms with Crippen molar-refractivity contribution in [3.8, 4) is 0 Å². The number of benzene rings is 6. The molecule has 2 aromatic heterocycles. The van der Waals surface area contributed by atoms with E-state index in [1.54, 1.807) is 0 Å². The van der Waals surface area contributed by atoms with E-state index in [4.69, 9.17) is 16.8 Å². The van der Waals surface area contributed by atoms with E-state index in [0.29, 0.717) is 0 Å². The van der Waals surface area contributed by atoms with Crippen LogP contribution < -0.4 is 15.9 Å².